The normalized spacial score (nSPS) is 11.5. The van der Waals surface area contributed by atoms with Crippen LogP contribution >= 0.6 is 23.2 Å². The number of hydrogen-bond acceptors (Lipinski definition) is 15. The standard InChI is InChI=1S/2C26H22ClN3O6S.Ca/c2*1-3-36-19-10-8-18(9-11-19)28-26(32)21-13-16-6-4-5-7-20(16)24(25(21)31)30-29-23-15(2)12-17(27)14-22(23)37(33,34)35;/h2*4-14,31H,3H2,1-2H3,(H,28,32)(H,33,34,35);/q;;+2/p-2. The van der Waals surface area contributed by atoms with E-state index in [1.807, 2.05) is 13.8 Å². The molecule has 0 atom stereocenters. The van der Waals surface area contributed by atoms with E-state index in [4.69, 9.17) is 32.7 Å². The van der Waals surface area contributed by atoms with E-state index in [1.165, 1.54) is 31.2 Å². The van der Waals surface area contributed by atoms with E-state index >= 15 is 0 Å². The number of fused-ring (bicyclic) bond motifs is 2. The monoisotopic (exact) mass is 1120 g/mol. The fourth-order valence-corrected chi connectivity index (χ4v) is 9.53. The zero-order valence-corrected chi connectivity index (χ0v) is 45.5. The van der Waals surface area contributed by atoms with Crippen LogP contribution in [0, 0.1) is 13.8 Å². The van der Waals surface area contributed by atoms with Crippen molar-refractivity contribution in [3.63, 3.8) is 0 Å². The first-order chi connectivity index (χ1) is 35.2. The Bertz CT molecular complexity index is 3530. The number of phenolic OH excluding ortho intramolecular Hbond substituents is 1. The Morgan fingerprint density at radius 1 is 0.587 bits per heavy atom. The van der Waals surface area contributed by atoms with Gasteiger partial charge in [-0.05, 0) is 135 Å². The maximum atomic E-state index is 13.4. The Morgan fingerprint density at radius 3 is 1.45 bits per heavy atom. The summed E-state index contributed by atoms with van der Waals surface area (Å²) in [6.45, 7) is 7.78. The van der Waals surface area contributed by atoms with Gasteiger partial charge in [0.1, 0.15) is 43.6 Å². The fraction of sp³-hybridized carbons (Fsp3) is 0.115. The van der Waals surface area contributed by atoms with Crippen molar-refractivity contribution in [3.8, 4) is 23.0 Å². The molecular weight excluding hydrogens is 1080 g/mol. The number of carbonyl (C=O) groups excluding carboxylic acids is 2. The number of nitrogens with one attached hydrogen (secondary N) is 2. The molecular formula is C52H42CaCl2N6O12S2. The van der Waals surface area contributed by atoms with Gasteiger partial charge in [-0.2, -0.15) is 13.5 Å². The molecule has 0 bridgehead atoms. The van der Waals surface area contributed by atoms with Gasteiger partial charge < -0.3 is 34.9 Å². The molecule has 0 aliphatic heterocycles. The number of amides is 2. The average molecular weight is 1120 g/mol. The van der Waals surface area contributed by atoms with Gasteiger partial charge in [-0.25, -0.2) is 8.42 Å². The number of anilines is 2. The van der Waals surface area contributed by atoms with Crippen molar-refractivity contribution in [2.75, 3.05) is 23.8 Å². The topological polar surface area (TPSA) is 281 Å². The van der Waals surface area contributed by atoms with Crippen LogP contribution in [0.15, 0.2) is 164 Å². The Morgan fingerprint density at radius 2 is 0.987 bits per heavy atom. The minimum atomic E-state index is -4.94. The first-order valence-electron chi connectivity index (χ1n) is 22.1. The van der Waals surface area contributed by atoms with Crippen molar-refractivity contribution in [2.24, 2.45) is 20.5 Å². The third kappa shape index (κ3) is 14.0. The number of hydrogen-bond donors (Lipinski definition) is 4. The number of azo groups is 2. The maximum absolute atomic E-state index is 13.4. The third-order valence-electron chi connectivity index (χ3n) is 10.8. The molecule has 0 aliphatic rings. The van der Waals surface area contributed by atoms with Crippen LogP contribution in [-0.2, 0) is 20.2 Å². The second-order valence-electron chi connectivity index (χ2n) is 16.0. The van der Waals surface area contributed by atoms with E-state index in [0.717, 1.165) is 12.1 Å². The van der Waals surface area contributed by atoms with E-state index in [1.54, 1.807) is 104 Å². The molecule has 18 nitrogen and oxygen atoms in total. The number of carbonyl (C=O) groups is 2. The first-order valence-corrected chi connectivity index (χ1v) is 25.7. The van der Waals surface area contributed by atoms with Crippen molar-refractivity contribution >= 4 is 149 Å². The summed E-state index contributed by atoms with van der Waals surface area (Å²) in [6.07, 6.45) is 0. The number of aryl methyl sites for hydroxylation is 2. The zero-order chi connectivity index (χ0) is 53.5. The van der Waals surface area contributed by atoms with Crippen LogP contribution in [0.25, 0.3) is 21.5 Å². The smallest absolute Gasteiger partial charge is 0.870 e. The summed E-state index contributed by atoms with van der Waals surface area (Å²) >= 11 is 11.9. The van der Waals surface area contributed by atoms with Gasteiger partial charge in [-0.1, -0.05) is 77.5 Å². The molecule has 4 N–H and O–H groups in total. The molecule has 0 heterocycles. The van der Waals surface area contributed by atoms with Crippen LogP contribution in [-0.4, -0.2) is 93.8 Å². The molecule has 0 saturated heterocycles. The summed E-state index contributed by atoms with van der Waals surface area (Å²) in [5.41, 5.74) is 0.653. The molecule has 0 aliphatic carbocycles. The Labute approximate surface area is 470 Å². The average Bonchev–Trinajstić information content (AvgIpc) is 3.34. The van der Waals surface area contributed by atoms with Crippen molar-refractivity contribution in [1.29, 1.82) is 0 Å². The van der Waals surface area contributed by atoms with E-state index in [2.05, 4.69) is 31.1 Å². The number of phenols is 1. The molecule has 8 aromatic carbocycles. The Hall–Kier alpha value is -6.72. The molecule has 0 radical (unpaired) electrons. The van der Waals surface area contributed by atoms with Crippen molar-refractivity contribution in [2.45, 2.75) is 37.5 Å². The van der Waals surface area contributed by atoms with E-state index in [0.29, 0.717) is 63.2 Å². The summed E-state index contributed by atoms with van der Waals surface area (Å²) in [5.74, 6) is -1.14. The number of ether oxygens (including phenoxy) is 2. The summed E-state index contributed by atoms with van der Waals surface area (Å²) in [6, 6.07) is 34.9. The summed E-state index contributed by atoms with van der Waals surface area (Å²) in [4.78, 5) is 24.9. The number of benzene rings is 8. The van der Waals surface area contributed by atoms with E-state index in [9.17, 15) is 45.7 Å². The quantitative estimate of drug-likeness (QED) is 0.0449. The predicted molar refractivity (Wildman–Crippen MR) is 284 cm³/mol. The van der Waals surface area contributed by atoms with Crippen LogP contribution < -0.4 is 25.2 Å². The number of rotatable bonds is 14. The molecule has 75 heavy (non-hydrogen) atoms. The number of halogens is 2. The number of aromatic hydroxyl groups is 1. The minimum absolute atomic E-state index is 0. The molecule has 0 saturated carbocycles. The predicted octanol–water partition coefficient (Wildman–Crippen LogP) is 12.3. The SMILES string of the molecule is CCOc1ccc(NC(=O)c2cc3ccccc3c(N=Nc3c(C)cc(Cl)cc3S(=O)(=O)O)c2O)cc1.CCOc1ccc(NC(=O)c2cc3ccccc3c(N=Nc3c(C)cc(Cl)cc3S(=O)(=O)[O-])c2[O-])cc1.[Ca+2]. The van der Waals surface area contributed by atoms with Crippen LogP contribution in [0.2, 0.25) is 10.0 Å². The largest absolute Gasteiger partial charge is 2.00 e. The van der Waals surface area contributed by atoms with Crippen molar-refractivity contribution in [3.05, 3.63) is 166 Å². The van der Waals surface area contributed by atoms with Gasteiger partial charge in [-0.15, -0.1) is 15.3 Å². The van der Waals surface area contributed by atoms with Gasteiger partial charge in [0.15, 0.2) is 5.75 Å². The third-order valence-corrected chi connectivity index (χ3v) is 13.0. The molecule has 0 spiro atoms. The van der Waals surface area contributed by atoms with Crippen LogP contribution in [0.4, 0.5) is 34.1 Å². The van der Waals surface area contributed by atoms with Gasteiger partial charge in [0, 0.05) is 37.8 Å². The second kappa shape index (κ2) is 24.7. The van der Waals surface area contributed by atoms with Crippen LogP contribution in [0.3, 0.4) is 0 Å². The molecule has 380 valence electrons. The summed E-state index contributed by atoms with van der Waals surface area (Å²) in [7, 11) is -9.61. The molecule has 8 aromatic rings. The Balaban J connectivity index is 0.000000241. The molecule has 0 fully saturated rings. The molecule has 0 unspecified atom stereocenters. The fourth-order valence-electron chi connectivity index (χ4n) is 7.42. The molecule has 23 heteroatoms. The minimum Gasteiger partial charge on any atom is -0.870 e. The first kappa shape index (κ1) is 57.6. The van der Waals surface area contributed by atoms with Crippen LogP contribution in [0.5, 0.6) is 23.0 Å². The maximum Gasteiger partial charge on any atom is 2.00 e. The Kier molecular flexibility index (Phi) is 19.0. The van der Waals surface area contributed by atoms with Gasteiger partial charge in [0.25, 0.3) is 21.9 Å². The van der Waals surface area contributed by atoms with Crippen LogP contribution in [0.1, 0.15) is 45.7 Å². The van der Waals surface area contributed by atoms with Crippen molar-refractivity contribution < 1.29 is 55.2 Å². The zero-order valence-electron chi connectivity index (χ0n) is 40.2. The summed E-state index contributed by atoms with van der Waals surface area (Å²) < 4.78 is 79.6. The summed E-state index contributed by atoms with van der Waals surface area (Å²) in [5, 5.41) is 48.0. The second-order valence-corrected chi connectivity index (χ2v) is 19.6. The van der Waals surface area contributed by atoms with Gasteiger partial charge in [0.2, 0.25) is 0 Å². The molecule has 2 amide bonds. The molecule has 8 rings (SSSR count). The number of nitrogens with zero attached hydrogens (tertiary/aromatic N) is 4. The van der Waals surface area contributed by atoms with Crippen molar-refractivity contribution in [1.82, 2.24) is 0 Å². The molecule has 0 aromatic heterocycles. The van der Waals surface area contributed by atoms with E-state index < -0.39 is 53.3 Å². The van der Waals surface area contributed by atoms with Gasteiger partial charge in [-0.3, -0.25) is 14.1 Å². The van der Waals surface area contributed by atoms with E-state index in [-0.39, 0.29) is 87.2 Å². The van der Waals surface area contributed by atoms with Gasteiger partial charge >= 0.3 is 37.7 Å². The van der Waals surface area contributed by atoms with Gasteiger partial charge in [0.05, 0.1) is 29.4 Å².